The molecular weight excluding hydrogens is 482 g/mol. The molecule has 1 atom stereocenters. The van der Waals surface area contributed by atoms with Crippen LogP contribution >= 0.6 is 0 Å². The Morgan fingerprint density at radius 3 is 1.26 bits per heavy atom. The molecule has 0 aliphatic rings. The van der Waals surface area contributed by atoms with Gasteiger partial charge in [0.05, 0.1) is 27.3 Å². The van der Waals surface area contributed by atoms with E-state index in [1.807, 2.05) is 0 Å². The van der Waals surface area contributed by atoms with Gasteiger partial charge in [0.25, 0.3) is 0 Å². The van der Waals surface area contributed by atoms with Gasteiger partial charge in [-0.25, -0.2) is 0 Å². The van der Waals surface area contributed by atoms with Crippen molar-refractivity contribution in [3.05, 3.63) is 0 Å². The van der Waals surface area contributed by atoms with Crippen molar-refractivity contribution in [2.24, 2.45) is 0 Å². The highest BCUT2D eigenvalue weighted by atomic mass is 16.5. The van der Waals surface area contributed by atoms with Gasteiger partial charge in [0.15, 0.2) is 0 Å². The predicted molar refractivity (Wildman–Crippen MR) is 172 cm³/mol. The molecule has 0 aromatic carbocycles. The zero-order valence-corrected chi connectivity index (χ0v) is 27.5. The highest BCUT2D eigenvalue weighted by Crippen LogP contribution is 2.14. The standard InChI is InChI=1S/C35H74NO3/c1-5-7-9-11-13-15-17-19-21-23-25-27-31-38-34-35(33-36(3,4)29-30-37)39-32-28-26-24-22-20-18-16-14-12-10-8-6-2/h35,37H,5-34H2,1-4H3/q+1/t35-/m0/s1. The molecule has 0 spiro atoms. The van der Waals surface area contributed by atoms with E-state index in [2.05, 4.69) is 27.9 Å². The number of hydrogen-bond donors (Lipinski definition) is 1. The molecule has 0 fully saturated rings. The number of quaternary nitrogens is 1. The minimum Gasteiger partial charge on any atom is -0.391 e. The Kier molecular flexibility index (Phi) is 30.7. The van der Waals surface area contributed by atoms with Crippen LogP contribution in [0.15, 0.2) is 0 Å². The quantitative estimate of drug-likeness (QED) is 0.0645. The maximum atomic E-state index is 9.43. The molecule has 4 heteroatoms. The summed E-state index contributed by atoms with van der Waals surface area (Å²) in [7, 11) is 4.36. The maximum Gasteiger partial charge on any atom is 0.130 e. The Hall–Kier alpha value is -0.160. The van der Waals surface area contributed by atoms with Crippen molar-refractivity contribution in [2.45, 2.75) is 174 Å². The molecule has 0 radical (unpaired) electrons. The summed E-state index contributed by atoms with van der Waals surface area (Å²) in [6.45, 7) is 8.83. The second-order valence-corrected chi connectivity index (χ2v) is 12.9. The summed E-state index contributed by atoms with van der Waals surface area (Å²) < 4.78 is 13.2. The van der Waals surface area contributed by atoms with Crippen molar-refractivity contribution in [1.29, 1.82) is 0 Å². The van der Waals surface area contributed by atoms with Crippen LogP contribution in [0.4, 0.5) is 0 Å². The first-order chi connectivity index (χ1) is 19.1. The minimum absolute atomic E-state index is 0.122. The van der Waals surface area contributed by atoms with Crippen LogP contribution in [0.25, 0.3) is 0 Å². The van der Waals surface area contributed by atoms with Gasteiger partial charge in [-0.3, -0.25) is 0 Å². The minimum atomic E-state index is 0.122. The van der Waals surface area contributed by atoms with Crippen molar-refractivity contribution in [3.63, 3.8) is 0 Å². The van der Waals surface area contributed by atoms with E-state index in [9.17, 15) is 5.11 Å². The first-order valence-electron chi connectivity index (χ1n) is 17.7. The normalized spacial score (nSPS) is 12.8. The number of likely N-dealkylation sites (N-methyl/N-ethyl adjacent to an activating group) is 1. The van der Waals surface area contributed by atoms with E-state index in [0.29, 0.717) is 6.61 Å². The molecule has 0 unspecified atom stereocenters. The van der Waals surface area contributed by atoms with Gasteiger partial charge >= 0.3 is 0 Å². The molecule has 0 amide bonds. The third kappa shape index (κ3) is 30.6. The van der Waals surface area contributed by atoms with Crippen LogP contribution in [0.1, 0.15) is 168 Å². The topological polar surface area (TPSA) is 38.7 Å². The van der Waals surface area contributed by atoms with Crippen LogP contribution in [0.5, 0.6) is 0 Å². The van der Waals surface area contributed by atoms with Gasteiger partial charge in [0.2, 0.25) is 0 Å². The highest BCUT2D eigenvalue weighted by Gasteiger charge is 2.22. The first kappa shape index (κ1) is 38.8. The second-order valence-electron chi connectivity index (χ2n) is 12.9. The molecule has 0 aliphatic heterocycles. The first-order valence-corrected chi connectivity index (χ1v) is 17.7. The van der Waals surface area contributed by atoms with Crippen molar-refractivity contribution in [2.75, 3.05) is 53.6 Å². The highest BCUT2D eigenvalue weighted by molar-refractivity contribution is 4.58. The van der Waals surface area contributed by atoms with E-state index >= 15 is 0 Å². The molecule has 0 bridgehead atoms. The number of hydrogen-bond acceptors (Lipinski definition) is 3. The lowest BCUT2D eigenvalue weighted by Gasteiger charge is -2.32. The summed E-state index contributed by atoms with van der Waals surface area (Å²) in [4.78, 5) is 0. The van der Waals surface area contributed by atoms with Crippen LogP contribution in [-0.2, 0) is 9.47 Å². The fraction of sp³-hybridized carbons (Fsp3) is 1.00. The van der Waals surface area contributed by atoms with Gasteiger partial charge in [-0.2, -0.15) is 0 Å². The van der Waals surface area contributed by atoms with Crippen LogP contribution in [-0.4, -0.2) is 69.3 Å². The number of aliphatic hydroxyl groups is 1. The summed E-state index contributed by atoms with van der Waals surface area (Å²) >= 11 is 0. The molecule has 0 saturated carbocycles. The summed E-state index contributed by atoms with van der Waals surface area (Å²) in [5.41, 5.74) is 0. The van der Waals surface area contributed by atoms with E-state index in [-0.39, 0.29) is 12.7 Å². The van der Waals surface area contributed by atoms with E-state index < -0.39 is 0 Å². The Morgan fingerprint density at radius 1 is 0.513 bits per heavy atom. The molecule has 1 N–H and O–H groups in total. The predicted octanol–water partition coefficient (Wildman–Crippen LogP) is 9.86. The van der Waals surface area contributed by atoms with Gasteiger partial charge in [-0.1, -0.05) is 155 Å². The average Bonchev–Trinajstić information content (AvgIpc) is 2.91. The number of unbranched alkanes of at least 4 members (excludes halogenated alkanes) is 22. The zero-order chi connectivity index (χ0) is 28.7. The third-order valence-electron chi connectivity index (χ3n) is 8.20. The van der Waals surface area contributed by atoms with E-state index in [0.717, 1.165) is 43.6 Å². The molecule has 0 aromatic heterocycles. The lowest BCUT2D eigenvalue weighted by atomic mass is 10.1. The Bertz CT molecular complexity index is 457. The van der Waals surface area contributed by atoms with E-state index in [1.54, 1.807) is 0 Å². The summed E-state index contributed by atoms with van der Waals surface area (Å²) in [6, 6.07) is 0. The Morgan fingerprint density at radius 2 is 0.872 bits per heavy atom. The van der Waals surface area contributed by atoms with Crippen molar-refractivity contribution in [1.82, 2.24) is 0 Å². The molecule has 0 aliphatic carbocycles. The van der Waals surface area contributed by atoms with Crippen LogP contribution < -0.4 is 0 Å². The van der Waals surface area contributed by atoms with Crippen molar-refractivity contribution in [3.8, 4) is 0 Å². The molecule has 0 heterocycles. The smallest absolute Gasteiger partial charge is 0.130 e. The Labute approximate surface area is 246 Å². The fourth-order valence-corrected chi connectivity index (χ4v) is 5.52. The fourth-order valence-electron chi connectivity index (χ4n) is 5.52. The molecule has 39 heavy (non-hydrogen) atoms. The molecule has 4 nitrogen and oxygen atoms in total. The van der Waals surface area contributed by atoms with E-state index in [1.165, 1.54) is 141 Å². The SMILES string of the molecule is CCCCCCCCCCCCCCOC[C@H](C[N+](C)(C)CCO)OCCCCCCCCCCCCCC. The second kappa shape index (κ2) is 30.8. The molecule has 0 rings (SSSR count). The summed E-state index contributed by atoms with van der Waals surface area (Å²) in [5.74, 6) is 0. The van der Waals surface area contributed by atoms with Crippen LogP contribution in [0, 0.1) is 0 Å². The summed E-state index contributed by atoms with van der Waals surface area (Å²) in [6.07, 6.45) is 33.0. The Balaban J connectivity index is 3.81. The van der Waals surface area contributed by atoms with Gasteiger partial charge in [0, 0.05) is 13.2 Å². The van der Waals surface area contributed by atoms with Gasteiger partial charge in [-0.15, -0.1) is 0 Å². The molecule has 236 valence electrons. The van der Waals surface area contributed by atoms with Gasteiger partial charge in [-0.05, 0) is 12.8 Å². The third-order valence-corrected chi connectivity index (χ3v) is 8.20. The number of aliphatic hydroxyl groups excluding tert-OH is 1. The lowest BCUT2D eigenvalue weighted by molar-refractivity contribution is -0.893. The number of rotatable bonds is 33. The lowest BCUT2D eigenvalue weighted by Crippen LogP contribution is -2.49. The number of ether oxygens (including phenoxy) is 2. The summed E-state index contributed by atoms with van der Waals surface area (Å²) in [5, 5.41) is 9.43. The maximum absolute atomic E-state index is 9.43. The molecule has 0 aromatic rings. The average molecular weight is 557 g/mol. The molecule has 0 saturated heterocycles. The zero-order valence-electron chi connectivity index (χ0n) is 27.5. The van der Waals surface area contributed by atoms with Gasteiger partial charge in [0.1, 0.15) is 19.2 Å². The van der Waals surface area contributed by atoms with Crippen LogP contribution in [0.3, 0.4) is 0 Å². The van der Waals surface area contributed by atoms with Crippen molar-refractivity contribution >= 4 is 0 Å². The number of nitrogens with zero attached hydrogens (tertiary/aromatic N) is 1. The monoisotopic (exact) mass is 557 g/mol. The van der Waals surface area contributed by atoms with E-state index in [4.69, 9.17) is 9.47 Å². The molecular formula is C35H74NO3+. The van der Waals surface area contributed by atoms with Crippen LogP contribution in [0.2, 0.25) is 0 Å². The van der Waals surface area contributed by atoms with Gasteiger partial charge < -0.3 is 19.1 Å². The largest absolute Gasteiger partial charge is 0.391 e. The van der Waals surface area contributed by atoms with Crippen molar-refractivity contribution < 1.29 is 19.1 Å².